The van der Waals surface area contributed by atoms with Gasteiger partial charge in [0.15, 0.2) is 17.5 Å². The number of hydrogen-bond donors (Lipinski definition) is 0. The van der Waals surface area contributed by atoms with Crippen LogP contribution in [-0.4, -0.2) is 12.6 Å². The summed E-state index contributed by atoms with van der Waals surface area (Å²) in [6.07, 6.45) is 4.44. The van der Waals surface area contributed by atoms with Crippen molar-refractivity contribution in [1.82, 2.24) is 0 Å². The van der Waals surface area contributed by atoms with Gasteiger partial charge in [0.1, 0.15) is 17.3 Å². The first-order valence-electron chi connectivity index (χ1n) is 9.12. The number of hydrogen-bond acceptors (Lipinski definition) is 3. The molecule has 0 saturated heterocycles. The van der Waals surface area contributed by atoms with Crippen molar-refractivity contribution in [3.8, 4) is 11.5 Å². The van der Waals surface area contributed by atoms with Crippen LogP contribution in [0.3, 0.4) is 0 Å². The average Bonchev–Trinajstić information content (AvgIpc) is 2.65. The first-order chi connectivity index (χ1) is 13.3. The molecule has 1 aliphatic rings. The molecule has 3 rings (SSSR count). The summed E-state index contributed by atoms with van der Waals surface area (Å²) < 4.78 is 63.9. The predicted molar refractivity (Wildman–Crippen MR) is 94.3 cm³/mol. The van der Waals surface area contributed by atoms with Crippen LogP contribution in [0.4, 0.5) is 17.6 Å². The average molecular weight is 396 g/mol. The number of ether oxygens (including phenoxy) is 2. The summed E-state index contributed by atoms with van der Waals surface area (Å²) in [5.74, 6) is -5.87. The number of carbonyl (C=O) groups excluding carboxylic acids is 1. The molecule has 0 radical (unpaired) electrons. The molecule has 7 heteroatoms. The summed E-state index contributed by atoms with van der Waals surface area (Å²) in [5, 5.41) is 0. The van der Waals surface area contributed by atoms with E-state index in [9.17, 15) is 22.4 Å². The van der Waals surface area contributed by atoms with Gasteiger partial charge in [-0.15, -0.1) is 0 Å². The van der Waals surface area contributed by atoms with Gasteiger partial charge < -0.3 is 9.47 Å². The molecular weight excluding hydrogens is 376 g/mol. The third-order valence-corrected chi connectivity index (χ3v) is 4.95. The highest BCUT2D eigenvalue weighted by molar-refractivity contribution is 5.91. The summed E-state index contributed by atoms with van der Waals surface area (Å²) in [7, 11) is 0. The van der Waals surface area contributed by atoms with Crippen molar-refractivity contribution in [2.45, 2.75) is 32.6 Å². The van der Waals surface area contributed by atoms with E-state index in [-0.39, 0.29) is 5.75 Å². The number of benzene rings is 2. The van der Waals surface area contributed by atoms with Crippen molar-refractivity contribution in [2.75, 3.05) is 6.61 Å². The van der Waals surface area contributed by atoms with E-state index in [2.05, 4.69) is 6.92 Å². The predicted octanol–water partition coefficient (Wildman–Crippen LogP) is 5.67. The second-order valence-corrected chi connectivity index (χ2v) is 7.17. The molecule has 2 aromatic rings. The van der Waals surface area contributed by atoms with Gasteiger partial charge in [-0.2, -0.15) is 0 Å². The van der Waals surface area contributed by atoms with Crippen LogP contribution in [0.1, 0.15) is 43.0 Å². The fourth-order valence-electron chi connectivity index (χ4n) is 3.21. The molecule has 1 aliphatic carbocycles. The molecule has 0 heterocycles. The van der Waals surface area contributed by atoms with Gasteiger partial charge in [-0.3, -0.25) is 0 Å². The van der Waals surface area contributed by atoms with Crippen molar-refractivity contribution in [1.29, 1.82) is 0 Å². The fraction of sp³-hybridized carbons (Fsp3) is 0.381. The molecule has 1 saturated carbocycles. The zero-order valence-electron chi connectivity index (χ0n) is 15.3. The highest BCUT2D eigenvalue weighted by Crippen LogP contribution is 2.29. The molecule has 0 bridgehead atoms. The Kier molecular flexibility index (Phi) is 6.21. The molecule has 0 atom stereocenters. The monoisotopic (exact) mass is 396 g/mol. The molecule has 28 heavy (non-hydrogen) atoms. The molecule has 1 fully saturated rings. The van der Waals surface area contributed by atoms with Gasteiger partial charge in [-0.1, -0.05) is 19.8 Å². The van der Waals surface area contributed by atoms with E-state index in [0.717, 1.165) is 37.7 Å². The molecule has 0 spiro atoms. The van der Waals surface area contributed by atoms with Gasteiger partial charge in [0.05, 0.1) is 12.2 Å². The molecular formula is C21H20F4O3. The van der Waals surface area contributed by atoms with Crippen LogP contribution in [0.5, 0.6) is 11.5 Å². The van der Waals surface area contributed by atoms with Crippen LogP contribution in [0.2, 0.25) is 0 Å². The quantitative estimate of drug-likeness (QED) is 0.283. The van der Waals surface area contributed by atoms with E-state index < -0.39 is 40.6 Å². The second-order valence-electron chi connectivity index (χ2n) is 7.17. The minimum atomic E-state index is -1.68. The van der Waals surface area contributed by atoms with E-state index in [1.165, 1.54) is 12.1 Å². The standard InChI is InChI=1S/C21H20F4O3/c1-12-2-4-13(5-3-12)11-27-14-6-7-16(17(22)8-14)21(26)28-15-9-18(23)20(25)19(24)10-15/h6-10,12-13H,2-5,11H2,1H3. The van der Waals surface area contributed by atoms with Gasteiger partial charge in [0.25, 0.3) is 0 Å². The summed E-state index contributed by atoms with van der Waals surface area (Å²) in [6, 6.07) is 4.68. The Hall–Kier alpha value is -2.57. The Bertz CT molecular complexity index is 838. The maximum absolute atomic E-state index is 14.3. The molecule has 150 valence electrons. The van der Waals surface area contributed by atoms with Crippen LogP contribution in [0.25, 0.3) is 0 Å². The van der Waals surface area contributed by atoms with Crippen molar-refractivity contribution in [3.05, 3.63) is 59.2 Å². The molecule has 0 aliphatic heterocycles. The van der Waals surface area contributed by atoms with E-state index >= 15 is 0 Å². The van der Waals surface area contributed by atoms with E-state index in [4.69, 9.17) is 9.47 Å². The summed E-state index contributed by atoms with van der Waals surface area (Å²) in [5.41, 5.74) is -0.427. The number of carbonyl (C=O) groups is 1. The van der Waals surface area contributed by atoms with Crippen molar-refractivity contribution < 1.29 is 31.8 Å². The lowest BCUT2D eigenvalue weighted by Crippen LogP contribution is -2.19. The zero-order valence-corrected chi connectivity index (χ0v) is 15.3. The van der Waals surface area contributed by atoms with Crippen molar-refractivity contribution in [3.63, 3.8) is 0 Å². The minimum Gasteiger partial charge on any atom is -0.493 e. The third-order valence-electron chi connectivity index (χ3n) is 4.95. The van der Waals surface area contributed by atoms with Crippen LogP contribution >= 0.6 is 0 Å². The molecule has 0 unspecified atom stereocenters. The van der Waals surface area contributed by atoms with Gasteiger partial charge in [-0.25, -0.2) is 22.4 Å². The Morgan fingerprint density at radius 2 is 1.54 bits per heavy atom. The minimum absolute atomic E-state index is 0.284. The molecule has 2 aromatic carbocycles. The van der Waals surface area contributed by atoms with Gasteiger partial charge in [0.2, 0.25) is 0 Å². The normalized spacial score (nSPS) is 19.3. The first-order valence-corrected chi connectivity index (χ1v) is 9.12. The van der Waals surface area contributed by atoms with Crippen molar-refractivity contribution in [2.24, 2.45) is 11.8 Å². The maximum atomic E-state index is 14.3. The Morgan fingerprint density at radius 3 is 2.14 bits per heavy atom. The van der Waals surface area contributed by atoms with Crippen LogP contribution < -0.4 is 9.47 Å². The summed E-state index contributed by atoms with van der Waals surface area (Å²) in [6.45, 7) is 2.70. The second kappa shape index (κ2) is 8.63. The van der Waals surface area contributed by atoms with Crippen LogP contribution in [0.15, 0.2) is 30.3 Å². The Balaban J connectivity index is 1.62. The lowest BCUT2D eigenvalue weighted by Gasteiger charge is -2.26. The SMILES string of the molecule is CC1CCC(COc2ccc(C(=O)Oc3cc(F)c(F)c(F)c3)c(F)c2)CC1. The van der Waals surface area contributed by atoms with Crippen LogP contribution in [-0.2, 0) is 0 Å². The highest BCUT2D eigenvalue weighted by Gasteiger charge is 2.20. The highest BCUT2D eigenvalue weighted by atomic mass is 19.2. The Labute approximate surface area is 160 Å². The topological polar surface area (TPSA) is 35.5 Å². The van der Waals surface area contributed by atoms with Gasteiger partial charge in [-0.05, 0) is 36.8 Å². The van der Waals surface area contributed by atoms with Gasteiger partial charge >= 0.3 is 5.97 Å². The Morgan fingerprint density at radius 1 is 0.929 bits per heavy atom. The van der Waals surface area contributed by atoms with E-state index in [1.807, 2.05) is 0 Å². The third kappa shape index (κ3) is 4.82. The fourth-order valence-corrected chi connectivity index (χ4v) is 3.21. The molecule has 0 amide bonds. The number of halogens is 4. The molecule has 0 aromatic heterocycles. The van der Waals surface area contributed by atoms with Crippen molar-refractivity contribution >= 4 is 5.97 Å². The summed E-state index contributed by atoms with van der Waals surface area (Å²) >= 11 is 0. The van der Waals surface area contributed by atoms with E-state index in [1.54, 1.807) is 0 Å². The lowest BCUT2D eigenvalue weighted by molar-refractivity contribution is 0.0728. The maximum Gasteiger partial charge on any atom is 0.346 e. The first kappa shape index (κ1) is 20.2. The number of rotatable bonds is 5. The number of esters is 1. The largest absolute Gasteiger partial charge is 0.493 e. The van der Waals surface area contributed by atoms with Crippen LogP contribution in [0, 0.1) is 35.1 Å². The summed E-state index contributed by atoms with van der Waals surface area (Å²) in [4.78, 5) is 12.0. The lowest BCUT2D eigenvalue weighted by atomic mass is 9.83. The smallest absolute Gasteiger partial charge is 0.346 e. The molecule has 3 nitrogen and oxygen atoms in total. The van der Waals surface area contributed by atoms with E-state index in [0.29, 0.717) is 24.7 Å². The molecule has 0 N–H and O–H groups in total. The van der Waals surface area contributed by atoms with Gasteiger partial charge in [0, 0.05) is 18.2 Å². The zero-order chi connectivity index (χ0) is 20.3.